The largest absolute Gasteiger partial charge is 0.292 e. The molecule has 3 heteroatoms. The van der Waals surface area contributed by atoms with Gasteiger partial charge in [0, 0.05) is 6.42 Å². The number of aromatic nitrogens is 1. The molecule has 0 aliphatic rings. The topological polar surface area (TPSA) is 30.0 Å². The normalized spacial score (nSPS) is 10.7. The summed E-state index contributed by atoms with van der Waals surface area (Å²) in [6, 6.07) is 7.87. The molecule has 0 spiro atoms. The summed E-state index contributed by atoms with van der Waals surface area (Å²) in [4.78, 5) is 16.1. The summed E-state index contributed by atoms with van der Waals surface area (Å²) in [6.07, 6.45) is 2.63. The zero-order valence-electron chi connectivity index (χ0n) is 8.69. The molecule has 15 heavy (non-hydrogen) atoms. The van der Waals surface area contributed by atoms with Crippen LogP contribution in [0.5, 0.6) is 0 Å². The molecule has 0 amide bonds. The lowest BCUT2D eigenvalue weighted by molar-refractivity contribution is 0.0979. The third-order valence-corrected chi connectivity index (χ3v) is 3.37. The summed E-state index contributed by atoms with van der Waals surface area (Å²) in [5.74, 6) is 0.179. The van der Waals surface area contributed by atoms with Crippen molar-refractivity contribution in [3.63, 3.8) is 0 Å². The summed E-state index contributed by atoms with van der Waals surface area (Å²) < 4.78 is 1.09. The zero-order chi connectivity index (χ0) is 10.7. The summed E-state index contributed by atoms with van der Waals surface area (Å²) in [5.41, 5.74) is 0.933. The summed E-state index contributed by atoms with van der Waals surface area (Å²) >= 11 is 1.50. The number of hydrogen-bond acceptors (Lipinski definition) is 3. The van der Waals surface area contributed by atoms with E-state index >= 15 is 0 Å². The van der Waals surface area contributed by atoms with Crippen molar-refractivity contribution in [1.29, 1.82) is 0 Å². The van der Waals surface area contributed by atoms with Gasteiger partial charge in [-0.1, -0.05) is 25.5 Å². The van der Waals surface area contributed by atoms with Crippen molar-refractivity contribution in [2.45, 2.75) is 26.2 Å². The first-order valence-corrected chi connectivity index (χ1v) is 6.01. The molecule has 2 nitrogen and oxygen atoms in total. The lowest BCUT2D eigenvalue weighted by Crippen LogP contribution is -1.96. The molecule has 0 N–H and O–H groups in total. The number of ketones is 1. The van der Waals surface area contributed by atoms with Gasteiger partial charge in [-0.05, 0) is 18.6 Å². The number of nitrogens with zero attached hydrogens (tertiary/aromatic N) is 1. The van der Waals surface area contributed by atoms with Gasteiger partial charge in [0.25, 0.3) is 0 Å². The number of rotatable bonds is 4. The minimum Gasteiger partial charge on any atom is -0.292 e. The molecule has 0 atom stereocenters. The highest BCUT2D eigenvalue weighted by atomic mass is 32.1. The maximum atomic E-state index is 11.7. The number of Topliss-reactive ketones (excluding diaryl/α,β-unsaturated/α-hetero) is 1. The van der Waals surface area contributed by atoms with E-state index in [9.17, 15) is 4.79 Å². The molecule has 0 saturated carbocycles. The number of thiazole rings is 1. The molecule has 2 rings (SSSR count). The van der Waals surface area contributed by atoms with Crippen molar-refractivity contribution in [1.82, 2.24) is 4.98 Å². The van der Waals surface area contributed by atoms with Crippen LogP contribution in [-0.4, -0.2) is 10.8 Å². The Morgan fingerprint density at radius 1 is 1.40 bits per heavy atom. The molecule has 0 bridgehead atoms. The number of unbranched alkanes of at least 4 members (excludes halogenated alkanes) is 1. The van der Waals surface area contributed by atoms with Crippen LogP contribution in [0.3, 0.4) is 0 Å². The standard InChI is InChI=1S/C12H13NOS/c1-2-3-7-10(14)12-13-9-6-4-5-8-11(9)15-12/h4-6,8H,2-3,7H2,1H3. The van der Waals surface area contributed by atoms with Crippen molar-refractivity contribution in [2.75, 3.05) is 0 Å². The molecule has 0 aliphatic heterocycles. The van der Waals surface area contributed by atoms with Crippen LogP contribution < -0.4 is 0 Å². The van der Waals surface area contributed by atoms with Crippen LogP contribution in [0.2, 0.25) is 0 Å². The third-order valence-electron chi connectivity index (χ3n) is 2.29. The fourth-order valence-electron chi connectivity index (χ4n) is 1.44. The van der Waals surface area contributed by atoms with Gasteiger partial charge in [-0.3, -0.25) is 4.79 Å². The van der Waals surface area contributed by atoms with Crippen molar-refractivity contribution in [3.05, 3.63) is 29.3 Å². The van der Waals surface area contributed by atoms with Gasteiger partial charge in [0.15, 0.2) is 10.8 Å². The van der Waals surface area contributed by atoms with Gasteiger partial charge < -0.3 is 0 Å². The minimum absolute atomic E-state index is 0.179. The second-order valence-corrected chi connectivity index (χ2v) is 4.54. The van der Waals surface area contributed by atoms with E-state index in [4.69, 9.17) is 0 Å². The maximum absolute atomic E-state index is 11.7. The van der Waals surface area contributed by atoms with Crippen LogP contribution in [0.25, 0.3) is 10.2 Å². The Balaban J connectivity index is 2.25. The first kappa shape index (κ1) is 10.3. The van der Waals surface area contributed by atoms with Crippen LogP contribution in [0.15, 0.2) is 24.3 Å². The zero-order valence-corrected chi connectivity index (χ0v) is 9.51. The highest BCUT2D eigenvalue weighted by molar-refractivity contribution is 7.20. The Labute approximate surface area is 93.0 Å². The second kappa shape index (κ2) is 4.53. The van der Waals surface area contributed by atoms with E-state index in [1.54, 1.807) is 0 Å². The second-order valence-electron chi connectivity index (χ2n) is 3.51. The van der Waals surface area contributed by atoms with Gasteiger partial charge in [0.1, 0.15) is 0 Å². The molecular formula is C12H13NOS. The van der Waals surface area contributed by atoms with E-state index in [2.05, 4.69) is 11.9 Å². The molecule has 1 aromatic carbocycles. The Hall–Kier alpha value is -1.22. The molecule has 78 valence electrons. The van der Waals surface area contributed by atoms with Crippen LogP contribution in [-0.2, 0) is 0 Å². The van der Waals surface area contributed by atoms with E-state index in [1.165, 1.54) is 11.3 Å². The number of carbonyl (C=O) groups excluding carboxylic acids is 1. The fraction of sp³-hybridized carbons (Fsp3) is 0.333. The highest BCUT2D eigenvalue weighted by Gasteiger charge is 2.10. The smallest absolute Gasteiger partial charge is 0.191 e. The van der Waals surface area contributed by atoms with Crippen LogP contribution in [0.1, 0.15) is 36.0 Å². The molecule has 1 heterocycles. The summed E-state index contributed by atoms with van der Waals surface area (Å²) in [7, 11) is 0. The number of para-hydroxylation sites is 1. The lowest BCUT2D eigenvalue weighted by atomic mass is 10.2. The fourth-order valence-corrected chi connectivity index (χ4v) is 2.37. The quantitative estimate of drug-likeness (QED) is 0.734. The first-order chi connectivity index (χ1) is 7.31. The van der Waals surface area contributed by atoms with Crippen molar-refractivity contribution in [2.24, 2.45) is 0 Å². The molecule has 0 aliphatic carbocycles. The molecule has 0 saturated heterocycles. The lowest BCUT2D eigenvalue weighted by Gasteiger charge is -1.92. The van der Waals surface area contributed by atoms with Crippen LogP contribution in [0, 0.1) is 0 Å². The predicted octanol–water partition coefficient (Wildman–Crippen LogP) is 3.67. The molecule has 2 aromatic rings. The Morgan fingerprint density at radius 2 is 2.20 bits per heavy atom. The Bertz CT molecular complexity index is 442. The van der Waals surface area contributed by atoms with Gasteiger partial charge in [0.2, 0.25) is 0 Å². The Morgan fingerprint density at radius 3 is 2.93 bits per heavy atom. The summed E-state index contributed by atoms with van der Waals surface area (Å²) in [6.45, 7) is 2.09. The van der Waals surface area contributed by atoms with Crippen LogP contribution >= 0.6 is 11.3 Å². The van der Waals surface area contributed by atoms with Crippen LogP contribution in [0.4, 0.5) is 0 Å². The number of hydrogen-bond donors (Lipinski definition) is 0. The SMILES string of the molecule is CCCCC(=O)c1nc2ccccc2s1. The average Bonchev–Trinajstić information content (AvgIpc) is 2.69. The van der Waals surface area contributed by atoms with Gasteiger partial charge in [-0.25, -0.2) is 4.98 Å². The van der Waals surface area contributed by atoms with E-state index < -0.39 is 0 Å². The molecule has 1 aromatic heterocycles. The third kappa shape index (κ3) is 2.23. The number of benzene rings is 1. The van der Waals surface area contributed by atoms with Crippen molar-refractivity contribution >= 4 is 27.3 Å². The van der Waals surface area contributed by atoms with E-state index in [-0.39, 0.29) is 5.78 Å². The molecule has 0 radical (unpaired) electrons. The number of carbonyl (C=O) groups is 1. The van der Waals surface area contributed by atoms with Gasteiger partial charge in [0.05, 0.1) is 10.2 Å². The van der Waals surface area contributed by atoms with Gasteiger partial charge in [-0.2, -0.15) is 0 Å². The van der Waals surface area contributed by atoms with E-state index in [0.717, 1.165) is 23.1 Å². The molecular weight excluding hydrogens is 206 g/mol. The maximum Gasteiger partial charge on any atom is 0.191 e. The predicted molar refractivity (Wildman–Crippen MR) is 63.5 cm³/mol. The summed E-state index contributed by atoms with van der Waals surface area (Å²) in [5, 5.41) is 0.657. The Kier molecular flexibility index (Phi) is 3.11. The first-order valence-electron chi connectivity index (χ1n) is 5.20. The number of fused-ring (bicyclic) bond motifs is 1. The van der Waals surface area contributed by atoms with Crippen molar-refractivity contribution in [3.8, 4) is 0 Å². The average molecular weight is 219 g/mol. The van der Waals surface area contributed by atoms with Gasteiger partial charge >= 0.3 is 0 Å². The van der Waals surface area contributed by atoms with E-state index in [0.29, 0.717) is 11.4 Å². The monoisotopic (exact) mass is 219 g/mol. The van der Waals surface area contributed by atoms with Crippen molar-refractivity contribution < 1.29 is 4.79 Å². The molecule has 0 unspecified atom stereocenters. The van der Waals surface area contributed by atoms with E-state index in [1.807, 2.05) is 24.3 Å². The molecule has 0 fully saturated rings. The highest BCUT2D eigenvalue weighted by Crippen LogP contribution is 2.22. The van der Waals surface area contributed by atoms with Gasteiger partial charge in [-0.15, -0.1) is 11.3 Å². The minimum atomic E-state index is 0.179.